The topological polar surface area (TPSA) is 88.6 Å². The number of hydrogen-bond donors (Lipinski definition) is 1. The van der Waals surface area contributed by atoms with Crippen LogP contribution in [-0.2, 0) is 15.5 Å². The lowest BCUT2D eigenvalue weighted by Gasteiger charge is -1.88. The van der Waals surface area contributed by atoms with Gasteiger partial charge in [0.15, 0.2) is 5.82 Å². The van der Waals surface area contributed by atoms with Gasteiger partial charge in [0.05, 0.1) is 5.75 Å². The summed E-state index contributed by atoms with van der Waals surface area (Å²) in [5.74, 6) is 0.169. The molecule has 0 amide bonds. The molecule has 0 saturated carbocycles. The van der Waals surface area contributed by atoms with Gasteiger partial charge in [0, 0.05) is 17.1 Å². The first-order valence-electron chi connectivity index (χ1n) is 2.72. The number of nitrogens with zero attached hydrogens (tertiary/aromatic N) is 3. The van der Waals surface area contributed by atoms with Crippen LogP contribution in [0.4, 0.5) is 0 Å². The molecule has 0 spiro atoms. The summed E-state index contributed by atoms with van der Waals surface area (Å²) in [6, 6.07) is 0. The van der Waals surface area contributed by atoms with Gasteiger partial charge in [0.1, 0.15) is 0 Å². The number of hydrogen-bond acceptors (Lipinski definition) is 5. The maximum absolute atomic E-state index is 10.4. The zero-order chi connectivity index (χ0) is 8.32. The van der Waals surface area contributed by atoms with E-state index in [0.29, 0.717) is 5.82 Å². The van der Waals surface area contributed by atoms with Crippen LogP contribution in [0.25, 0.3) is 0 Å². The molecule has 0 fully saturated rings. The van der Waals surface area contributed by atoms with Crippen molar-refractivity contribution in [1.29, 1.82) is 0 Å². The minimum absolute atomic E-state index is 0.173. The molecular formula is C3H5ClN4O2S. The second kappa shape index (κ2) is 3.14. The number of aromatic nitrogens is 4. The SMILES string of the molecule is O=S(=O)(Cl)CCc1nn[nH]n1. The van der Waals surface area contributed by atoms with Crippen LogP contribution < -0.4 is 0 Å². The third-order valence-electron chi connectivity index (χ3n) is 0.959. The third kappa shape index (κ3) is 3.28. The van der Waals surface area contributed by atoms with E-state index >= 15 is 0 Å². The van der Waals surface area contributed by atoms with Gasteiger partial charge < -0.3 is 0 Å². The van der Waals surface area contributed by atoms with E-state index in [0.717, 1.165) is 0 Å². The van der Waals surface area contributed by atoms with E-state index in [-0.39, 0.29) is 12.2 Å². The van der Waals surface area contributed by atoms with Crippen LogP contribution in [-0.4, -0.2) is 34.8 Å². The molecule has 0 radical (unpaired) electrons. The van der Waals surface area contributed by atoms with Gasteiger partial charge in [-0.2, -0.15) is 5.21 Å². The molecule has 0 unspecified atom stereocenters. The predicted octanol–water partition coefficient (Wildman–Crippen LogP) is -0.689. The number of halogens is 1. The molecule has 0 bridgehead atoms. The first kappa shape index (κ1) is 8.41. The highest BCUT2D eigenvalue weighted by atomic mass is 35.7. The maximum Gasteiger partial charge on any atom is 0.233 e. The van der Waals surface area contributed by atoms with Gasteiger partial charge in [-0.15, -0.1) is 10.2 Å². The van der Waals surface area contributed by atoms with Crippen molar-refractivity contribution in [1.82, 2.24) is 20.6 Å². The zero-order valence-corrected chi connectivity index (χ0v) is 6.93. The van der Waals surface area contributed by atoms with Crippen LogP contribution in [0.5, 0.6) is 0 Å². The molecule has 8 heteroatoms. The van der Waals surface area contributed by atoms with Gasteiger partial charge >= 0.3 is 0 Å². The molecule has 0 aliphatic rings. The molecule has 11 heavy (non-hydrogen) atoms. The van der Waals surface area contributed by atoms with Crippen molar-refractivity contribution in [3.8, 4) is 0 Å². The number of rotatable bonds is 3. The van der Waals surface area contributed by atoms with Crippen molar-refractivity contribution < 1.29 is 8.42 Å². The van der Waals surface area contributed by atoms with Crippen LogP contribution in [0.3, 0.4) is 0 Å². The molecule has 1 aromatic heterocycles. The van der Waals surface area contributed by atoms with Crippen LogP contribution in [0.1, 0.15) is 5.82 Å². The van der Waals surface area contributed by atoms with Crippen molar-refractivity contribution in [2.45, 2.75) is 6.42 Å². The zero-order valence-electron chi connectivity index (χ0n) is 5.36. The van der Waals surface area contributed by atoms with Crippen molar-refractivity contribution in [3.63, 3.8) is 0 Å². The van der Waals surface area contributed by atoms with Gasteiger partial charge in [0.25, 0.3) is 0 Å². The predicted molar refractivity (Wildman–Crippen MR) is 37.5 cm³/mol. The summed E-state index contributed by atoms with van der Waals surface area (Å²) in [4.78, 5) is 0. The average Bonchev–Trinajstić information content (AvgIpc) is 2.32. The van der Waals surface area contributed by atoms with Gasteiger partial charge in [-0.1, -0.05) is 5.21 Å². The summed E-state index contributed by atoms with van der Waals surface area (Å²) >= 11 is 0. The molecule has 62 valence electrons. The van der Waals surface area contributed by atoms with Crippen LogP contribution in [0, 0.1) is 0 Å². The summed E-state index contributed by atoms with van der Waals surface area (Å²) in [6.45, 7) is 0. The Bertz CT molecular complexity index is 306. The number of aryl methyl sites for hydroxylation is 1. The Kier molecular flexibility index (Phi) is 2.40. The molecular weight excluding hydrogens is 192 g/mol. The van der Waals surface area contributed by atoms with E-state index < -0.39 is 9.05 Å². The lowest BCUT2D eigenvalue weighted by atomic mass is 10.5. The van der Waals surface area contributed by atoms with E-state index in [1.807, 2.05) is 0 Å². The Labute approximate surface area is 67.4 Å². The highest BCUT2D eigenvalue weighted by molar-refractivity contribution is 8.13. The number of tetrazole rings is 1. The van der Waals surface area contributed by atoms with Crippen LogP contribution in [0.15, 0.2) is 0 Å². The Balaban J connectivity index is 2.48. The van der Waals surface area contributed by atoms with Gasteiger partial charge in [0.2, 0.25) is 9.05 Å². The molecule has 1 rings (SSSR count). The largest absolute Gasteiger partial charge is 0.233 e. The second-order valence-electron chi connectivity index (χ2n) is 1.82. The summed E-state index contributed by atoms with van der Waals surface area (Å²) < 4.78 is 20.8. The number of H-pyrrole nitrogens is 1. The van der Waals surface area contributed by atoms with E-state index in [2.05, 4.69) is 20.6 Å². The third-order valence-corrected chi connectivity index (χ3v) is 2.11. The first-order valence-corrected chi connectivity index (χ1v) is 5.20. The monoisotopic (exact) mass is 196 g/mol. The van der Waals surface area contributed by atoms with E-state index in [1.165, 1.54) is 0 Å². The highest BCUT2D eigenvalue weighted by Crippen LogP contribution is 1.98. The minimum atomic E-state index is -3.45. The smallest absolute Gasteiger partial charge is 0.212 e. The molecule has 6 nitrogen and oxygen atoms in total. The van der Waals surface area contributed by atoms with Crippen molar-refractivity contribution in [2.75, 3.05) is 5.75 Å². The molecule has 1 N–H and O–H groups in total. The van der Waals surface area contributed by atoms with Crippen LogP contribution >= 0.6 is 10.7 Å². The Morgan fingerprint density at radius 3 is 2.73 bits per heavy atom. The van der Waals surface area contributed by atoms with E-state index in [9.17, 15) is 8.42 Å². The van der Waals surface area contributed by atoms with Crippen LogP contribution in [0.2, 0.25) is 0 Å². The van der Waals surface area contributed by atoms with E-state index in [1.54, 1.807) is 0 Å². The first-order chi connectivity index (χ1) is 5.08. The molecule has 1 heterocycles. The second-order valence-corrected chi connectivity index (χ2v) is 4.72. The van der Waals surface area contributed by atoms with E-state index in [4.69, 9.17) is 10.7 Å². The average molecular weight is 197 g/mol. The molecule has 0 saturated heterocycles. The Hall–Kier alpha value is -0.690. The Morgan fingerprint density at radius 1 is 1.55 bits per heavy atom. The molecule has 0 aliphatic carbocycles. The highest BCUT2D eigenvalue weighted by Gasteiger charge is 2.07. The summed E-state index contributed by atoms with van der Waals surface area (Å²) in [6.07, 6.45) is 0.183. The van der Waals surface area contributed by atoms with Crippen molar-refractivity contribution in [3.05, 3.63) is 5.82 Å². The lowest BCUT2D eigenvalue weighted by molar-refractivity contribution is 0.608. The lowest BCUT2D eigenvalue weighted by Crippen LogP contribution is -2.02. The van der Waals surface area contributed by atoms with Gasteiger partial charge in [-0.25, -0.2) is 8.42 Å². The molecule has 0 aliphatic heterocycles. The number of nitrogens with one attached hydrogen (secondary N) is 1. The maximum atomic E-state index is 10.4. The standard InChI is InChI=1S/C3H5ClN4O2S/c4-11(9,10)2-1-3-5-7-8-6-3/h1-2H2,(H,5,6,7,8). The number of aromatic amines is 1. The van der Waals surface area contributed by atoms with Gasteiger partial charge in [-0.05, 0) is 0 Å². The fourth-order valence-corrected chi connectivity index (χ4v) is 1.16. The quantitative estimate of drug-likeness (QED) is 0.647. The molecule has 0 aromatic carbocycles. The summed E-state index contributed by atoms with van der Waals surface area (Å²) in [5.41, 5.74) is 0. The fourth-order valence-electron chi connectivity index (χ4n) is 0.502. The fraction of sp³-hybridized carbons (Fsp3) is 0.667. The van der Waals surface area contributed by atoms with Gasteiger partial charge in [-0.3, -0.25) is 0 Å². The van der Waals surface area contributed by atoms with Crippen molar-refractivity contribution >= 4 is 19.7 Å². The molecule has 0 atom stereocenters. The Morgan fingerprint density at radius 2 is 2.27 bits per heavy atom. The normalized spacial score (nSPS) is 11.7. The van der Waals surface area contributed by atoms with Crippen molar-refractivity contribution in [2.24, 2.45) is 0 Å². The summed E-state index contributed by atoms with van der Waals surface area (Å²) in [7, 11) is 1.49. The minimum Gasteiger partial charge on any atom is -0.212 e. The summed E-state index contributed by atoms with van der Waals surface area (Å²) in [5, 5.41) is 12.5. The molecule has 1 aromatic rings.